The summed E-state index contributed by atoms with van der Waals surface area (Å²) >= 11 is 1.45. The zero-order valence-electron chi connectivity index (χ0n) is 19.2. The largest absolute Gasteiger partial charge is 0.507 e. The highest BCUT2D eigenvalue weighted by Gasteiger charge is 2.46. The Morgan fingerprint density at radius 2 is 1.88 bits per heavy atom. The zero-order valence-corrected chi connectivity index (χ0v) is 20.0. The fourth-order valence-corrected chi connectivity index (χ4v) is 4.96. The third-order valence-corrected chi connectivity index (χ3v) is 6.73. The van der Waals surface area contributed by atoms with Gasteiger partial charge in [0.05, 0.1) is 11.6 Å². The van der Waals surface area contributed by atoms with Crippen molar-refractivity contribution in [3.05, 3.63) is 93.2 Å². The lowest BCUT2D eigenvalue weighted by Crippen LogP contribution is -2.31. The van der Waals surface area contributed by atoms with Crippen LogP contribution in [0.4, 0.5) is 0 Å². The van der Waals surface area contributed by atoms with Crippen molar-refractivity contribution >= 4 is 28.8 Å². The standard InChI is InChI=1S/C27H27NO5S/c1-18-16-20(33-17-19-8-4-3-5-9-19)11-12-21(18)25(29)23-24(22-10-6-15-34-22)28(13-7-14-32-2)27(31)26(23)30/h3-6,8-12,15-16,24,29H,7,13-14,17H2,1-2H3/b25-23+/t24-/m0/s1. The van der Waals surface area contributed by atoms with E-state index in [9.17, 15) is 14.7 Å². The number of Topliss-reactive ketones (excluding diaryl/α,β-unsaturated/α-hetero) is 1. The molecule has 0 bridgehead atoms. The van der Waals surface area contributed by atoms with Crippen LogP contribution < -0.4 is 4.74 Å². The van der Waals surface area contributed by atoms with E-state index in [0.29, 0.717) is 37.5 Å². The van der Waals surface area contributed by atoms with Gasteiger partial charge >= 0.3 is 0 Å². The molecule has 1 aromatic heterocycles. The van der Waals surface area contributed by atoms with Crippen LogP contribution in [0.15, 0.2) is 71.6 Å². The number of methoxy groups -OCH3 is 1. The number of nitrogens with zero attached hydrogens (tertiary/aromatic N) is 1. The first-order valence-corrected chi connectivity index (χ1v) is 12.0. The Labute approximate surface area is 203 Å². The number of thiophene rings is 1. The molecule has 1 atom stereocenters. The van der Waals surface area contributed by atoms with Gasteiger partial charge in [-0.2, -0.15) is 0 Å². The Morgan fingerprint density at radius 3 is 2.56 bits per heavy atom. The van der Waals surface area contributed by atoms with Gasteiger partial charge in [-0.15, -0.1) is 11.3 Å². The number of rotatable bonds is 9. The first kappa shape index (κ1) is 23.7. The van der Waals surface area contributed by atoms with E-state index in [4.69, 9.17) is 9.47 Å². The molecular weight excluding hydrogens is 450 g/mol. The number of likely N-dealkylation sites (tertiary alicyclic amines) is 1. The second-order valence-corrected chi connectivity index (χ2v) is 9.08. The van der Waals surface area contributed by atoms with Crippen LogP contribution >= 0.6 is 11.3 Å². The monoisotopic (exact) mass is 477 g/mol. The van der Waals surface area contributed by atoms with E-state index in [1.54, 1.807) is 19.2 Å². The van der Waals surface area contributed by atoms with Gasteiger partial charge in [0, 0.05) is 30.7 Å². The number of aryl methyl sites for hydroxylation is 1. The summed E-state index contributed by atoms with van der Waals surface area (Å²) in [6.07, 6.45) is 0.595. The van der Waals surface area contributed by atoms with Crippen molar-refractivity contribution in [3.63, 3.8) is 0 Å². The van der Waals surface area contributed by atoms with Gasteiger partial charge in [0.2, 0.25) is 0 Å². The van der Waals surface area contributed by atoms with Crippen LogP contribution in [0.1, 0.15) is 34.0 Å². The lowest BCUT2D eigenvalue weighted by molar-refractivity contribution is -0.140. The van der Waals surface area contributed by atoms with Crippen LogP contribution in [0.3, 0.4) is 0 Å². The minimum Gasteiger partial charge on any atom is -0.507 e. The lowest BCUT2D eigenvalue weighted by atomic mass is 9.97. The second kappa shape index (κ2) is 10.7. The Bertz CT molecular complexity index is 1190. The molecule has 1 N–H and O–H groups in total. The molecule has 6 nitrogen and oxygen atoms in total. The Balaban J connectivity index is 1.65. The predicted molar refractivity (Wildman–Crippen MR) is 132 cm³/mol. The summed E-state index contributed by atoms with van der Waals surface area (Å²) in [5.41, 5.74) is 2.42. The van der Waals surface area contributed by atoms with E-state index in [2.05, 4.69) is 0 Å². The summed E-state index contributed by atoms with van der Waals surface area (Å²) in [5.74, 6) is -0.778. The van der Waals surface area contributed by atoms with E-state index in [0.717, 1.165) is 16.0 Å². The zero-order chi connectivity index (χ0) is 24.1. The maximum Gasteiger partial charge on any atom is 0.295 e. The molecule has 0 aliphatic carbocycles. The Hall–Kier alpha value is -3.42. The van der Waals surface area contributed by atoms with Crippen LogP contribution in [0.25, 0.3) is 5.76 Å². The average molecular weight is 478 g/mol. The van der Waals surface area contributed by atoms with Crippen molar-refractivity contribution in [1.82, 2.24) is 4.90 Å². The molecule has 176 valence electrons. The number of hydrogen-bond donors (Lipinski definition) is 1. The van der Waals surface area contributed by atoms with Gasteiger partial charge in [-0.25, -0.2) is 0 Å². The summed E-state index contributed by atoms with van der Waals surface area (Å²) in [5, 5.41) is 13.2. The number of benzene rings is 2. The number of carbonyl (C=O) groups excluding carboxylic acids is 2. The number of ketones is 1. The van der Waals surface area contributed by atoms with Gasteiger partial charge < -0.3 is 19.5 Å². The molecule has 1 aliphatic heterocycles. The number of amides is 1. The van der Waals surface area contributed by atoms with E-state index in [-0.39, 0.29) is 11.3 Å². The third kappa shape index (κ3) is 4.90. The van der Waals surface area contributed by atoms with Crippen LogP contribution in [0.5, 0.6) is 5.75 Å². The summed E-state index contributed by atoms with van der Waals surface area (Å²) in [4.78, 5) is 28.3. The molecule has 0 unspecified atom stereocenters. The summed E-state index contributed by atoms with van der Waals surface area (Å²) in [6.45, 7) is 3.11. The van der Waals surface area contributed by atoms with Crippen molar-refractivity contribution in [1.29, 1.82) is 0 Å². The van der Waals surface area contributed by atoms with Gasteiger partial charge in [-0.1, -0.05) is 36.4 Å². The third-order valence-electron chi connectivity index (χ3n) is 5.80. The summed E-state index contributed by atoms with van der Waals surface area (Å²) < 4.78 is 11.0. The molecule has 1 aliphatic rings. The van der Waals surface area contributed by atoms with E-state index >= 15 is 0 Å². The first-order valence-electron chi connectivity index (χ1n) is 11.1. The first-order chi connectivity index (χ1) is 16.5. The molecule has 3 aromatic rings. The highest BCUT2D eigenvalue weighted by atomic mass is 32.1. The highest BCUT2D eigenvalue weighted by Crippen LogP contribution is 2.41. The number of aliphatic hydroxyl groups excluding tert-OH is 1. The minimum atomic E-state index is -0.669. The molecule has 34 heavy (non-hydrogen) atoms. The van der Waals surface area contributed by atoms with E-state index < -0.39 is 17.7 Å². The molecule has 0 saturated carbocycles. The van der Waals surface area contributed by atoms with Crippen molar-refractivity contribution in [2.24, 2.45) is 0 Å². The number of ether oxygens (including phenoxy) is 2. The normalized spacial score (nSPS) is 17.4. The molecule has 1 fully saturated rings. The second-order valence-electron chi connectivity index (χ2n) is 8.11. The molecule has 1 amide bonds. The molecule has 2 heterocycles. The Kier molecular flexibility index (Phi) is 7.45. The van der Waals surface area contributed by atoms with E-state index in [1.165, 1.54) is 16.2 Å². The molecule has 0 spiro atoms. The fraction of sp³-hybridized carbons (Fsp3) is 0.259. The van der Waals surface area contributed by atoms with Crippen LogP contribution in [0, 0.1) is 6.92 Å². The smallest absolute Gasteiger partial charge is 0.295 e. The van der Waals surface area contributed by atoms with Crippen molar-refractivity contribution < 1.29 is 24.2 Å². The summed E-state index contributed by atoms with van der Waals surface area (Å²) in [6, 6.07) is 18.3. The molecule has 2 aromatic carbocycles. The van der Waals surface area contributed by atoms with Crippen LogP contribution in [-0.2, 0) is 20.9 Å². The van der Waals surface area contributed by atoms with Gasteiger partial charge in [-0.05, 0) is 54.1 Å². The summed E-state index contributed by atoms with van der Waals surface area (Å²) in [7, 11) is 1.60. The van der Waals surface area contributed by atoms with E-state index in [1.807, 2.05) is 60.8 Å². The van der Waals surface area contributed by atoms with Crippen molar-refractivity contribution in [3.8, 4) is 5.75 Å². The topological polar surface area (TPSA) is 76.1 Å². The van der Waals surface area contributed by atoms with Crippen molar-refractivity contribution in [2.45, 2.75) is 26.0 Å². The number of aliphatic hydroxyl groups is 1. The molecule has 4 rings (SSSR count). The predicted octanol–water partition coefficient (Wildman–Crippen LogP) is 5.09. The molecule has 1 saturated heterocycles. The van der Waals surface area contributed by atoms with Gasteiger partial charge in [-0.3, -0.25) is 9.59 Å². The van der Waals surface area contributed by atoms with Crippen LogP contribution in [-0.4, -0.2) is 42.0 Å². The lowest BCUT2D eigenvalue weighted by Gasteiger charge is -2.24. The number of carbonyl (C=O) groups is 2. The van der Waals surface area contributed by atoms with Gasteiger partial charge in [0.15, 0.2) is 0 Å². The maximum atomic E-state index is 13.0. The molecule has 0 radical (unpaired) electrons. The fourth-order valence-electron chi connectivity index (χ4n) is 4.11. The molecular formula is C27H27NO5S. The van der Waals surface area contributed by atoms with Crippen molar-refractivity contribution in [2.75, 3.05) is 20.3 Å². The maximum absolute atomic E-state index is 13.0. The molecule has 7 heteroatoms. The van der Waals surface area contributed by atoms with Gasteiger partial charge in [0.25, 0.3) is 11.7 Å². The number of hydrogen-bond acceptors (Lipinski definition) is 6. The van der Waals surface area contributed by atoms with Crippen LogP contribution in [0.2, 0.25) is 0 Å². The SMILES string of the molecule is COCCCN1C(=O)C(=O)/C(=C(/O)c2ccc(OCc3ccccc3)cc2C)[C@@H]1c1cccs1. The quantitative estimate of drug-likeness (QED) is 0.201. The highest BCUT2D eigenvalue weighted by molar-refractivity contribution is 7.10. The Morgan fingerprint density at radius 1 is 1.09 bits per heavy atom. The van der Waals surface area contributed by atoms with Gasteiger partial charge in [0.1, 0.15) is 18.1 Å². The minimum absolute atomic E-state index is 0.117. The average Bonchev–Trinajstić information content (AvgIpc) is 3.46.